The van der Waals surface area contributed by atoms with Gasteiger partial charge >= 0.3 is 0 Å². The third-order valence-electron chi connectivity index (χ3n) is 5.12. The number of benzene rings is 1. The number of thiazole rings is 1. The SMILES string of the molecule is CN=C/C(=C\N)C(=O)N[C@H]1C[C@@H](Nc2ncc(Cc3cc(F)cc(F)c3)s2)CN(C(C)=O)C1. The largest absolute Gasteiger partial charge is 0.404 e. The zero-order valence-corrected chi connectivity index (χ0v) is 19.2. The number of hydrogen-bond donors (Lipinski definition) is 3. The van der Waals surface area contributed by atoms with Gasteiger partial charge in [-0.2, -0.15) is 0 Å². The van der Waals surface area contributed by atoms with Crippen LogP contribution in [0.15, 0.2) is 41.2 Å². The van der Waals surface area contributed by atoms with E-state index in [1.807, 2.05) is 0 Å². The molecule has 8 nitrogen and oxygen atoms in total. The van der Waals surface area contributed by atoms with Gasteiger partial charge in [0.05, 0.1) is 5.57 Å². The normalized spacial score (nSPS) is 19.0. The topological polar surface area (TPSA) is 113 Å². The highest BCUT2D eigenvalue weighted by atomic mass is 32.1. The Kier molecular flexibility index (Phi) is 8.10. The molecule has 1 aromatic carbocycles. The lowest BCUT2D eigenvalue weighted by Gasteiger charge is -2.38. The minimum absolute atomic E-state index is 0.0987. The maximum Gasteiger partial charge on any atom is 0.254 e. The highest BCUT2D eigenvalue weighted by molar-refractivity contribution is 7.15. The van der Waals surface area contributed by atoms with Gasteiger partial charge in [0.1, 0.15) is 11.6 Å². The predicted octanol–water partition coefficient (Wildman–Crippen LogP) is 2.07. The maximum atomic E-state index is 13.4. The number of aliphatic imine (C=N–C) groups is 1. The minimum atomic E-state index is -0.620. The molecule has 11 heteroatoms. The van der Waals surface area contributed by atoms with Crippen molar-refractivity contribution in [3.63, 3.8) is 0 Å². The van der Waals surface area contributed by atoms with E-state index >= 15 is 0 Å². The molecule has 2 aromatic rings. The first-order valence-corrected chi connectivity index (χ1v) is 11.2. The number of carbonyl (C=O) groups excluding carboxylic acids is 2. The van der Waals surface area contributed by atoms with Gasteiger partial charge in [-0.15, -0.1) is 11.3 Å². The van der Waals surface area contributed by atoms with E-state index < -0.39 is 11.6 Å². The minimum Gasteiger partial charge on any atom is -0.404 e. The Balaban J connectivity index is 1.66. The first-order chi connectivity index (χ1) is 15.8. The van der Waals surface area contributed by atoms with Crippen LogP contribution in [0.1, 0.15) is 23.8 Å². The smallest absolute Gasteiger partial charge is 0.254 e. The van der Waals surface area contributed by atoms with Gasteiger partial charge in [-0.1, -0.05) is 0 Å². The number of halogens is 2. The number of anilines is 1. The van der Waals surface area contributed by atoms with Gasteiger partial charge in [0.25, 0.3) is 5.91 Å². The van der Waals surface area contributed by atoms with Gasteiger partial charge in [-0.05, 0) is 24.1 Å². The molecule has 4 N–H and O–H groups in total. The monoisotopic (exact) mass is 476 g/mol. The molecule has 1 aromatic heterocycles. The molecule has 2 heterocycles. The summed E-state index contributed by atoms with van der Waals surface area (Å²) in [5.41, 5.74) is 6.26. The van der Waals surface area contributed by atoms with E-state index in [0.29, 0.717) is 36.6 Å². The summed E-state index contributed by atoms with van der Waals surface area (Å²) in [6, 6.07) is 2.99. The summed E-state index contributed by atoms with van der Waals surface area (Å²) >= 11 is 1.37. The van der Waals surface area contributed by atoms with Crippen LogP contribution in [0.2, 0.25) is 0 Å². The quantitative estimate of drug-likeness (QED) is 0.418. The number of nitrogens with zero attached hydrogens (tertiary/aromatic N) is 3. The van der Waals surface area contributed by atoms with Crippen molar-refractivity contribution in [1.82, 2.24) is 15.2 Å². The van der Waals surface area contributed by atoms with Gasteiger partial charge in [-0.3, -0.25) is 14.6 Å². The summed E-state index contributed by atoms with van der Waals surface area (Å²) in [6.07, 6.45) is 5.14. The van der Waals surface area contributed by atoms with E-state index in [1.165, 1.54) is 42.8 Å². The molecule has 1 aliphatic rings. The first-order valence-electron chi connectivity index (χ1n) is 10.3. The molecule has 3 rings (SSSR count). The van der Waals surface area contributed by atoms with Gasteiger partial charge in [0, 0.05) is 75.1 Å². The fraction of sp³-hybridized carbons (Fsp3) is 0.364. The van der Waals surface area contributed by atoms with Crippen LogP contribution in [0.3, 0.4) is 0 Å². The van der Waals surface area contributed by atoms with E-state index in [4.69, 9.17) is 5.73 Å². The average Bonchev–Trinajstić information content (AvgIpc) is 3.17. The number of nitrogens with two attached hydrogens (primary N) is 1. The molecule has 1 aliphatic heterocycles. The molecule has 0 aliphatic carbocycles. The lowest BCUT2D eigenvalue weighted by atomic mass is 10.0. The summed E-state index contributed by atoms with van der Waals surface area (Å²) in [5, 5.41) is 6.85. The third-order valence-corrected chi connectivity index (χ3v) is 6.05. The predicted molar refractivity (Wildman–Crippen MR) is 124 cm³/mol. The van der Waals surface area contributed by atoms with Gasteiger partial charge in [-0.25, -0.2) is 13.8 Å². The molecule has 0 unspecified atom stereocenters. The second-order valence-electron chi connectivity index (χ2n) is 7.77. The van der Waals surface area contributed by atoms with Crippen LogP contribution in [0.4, 0.5) is 13.9 Å². The van der Waals surface area contributed by atoms with E-state index in [-0.39, 0.29) is 29.5 Å². The molecular weight excluding hydrogens is 450 g/mol. The summed E-state index contributed by atoms with van der Waals surface area (Å²) in [6.45, 7) is 2.33. The molecule has 0 spiro atoms. The van der Waals surface area contributed by atoms with Crippen molar-refractivity contribution in [2.45, 2.75) is 31.8 Å². The molecular formula is C22H26F2N6O2S. The van der Waals surface area contributed by atoms with Gasteiger partial charge in [0.2, 0.25) is 5.91 Å². The van der Waals surface area contributed by atoms with Gasteiger partial charge in [0.15, 0.2) is 5.13 Å². The van der Waals surface area contributed by atoms with Crippen molar-refractivity contribution in [1.29, 1.82) is 0 Å². The fourth-order valence-electron chi connectivity index (χ4n) is 3.70. The lowest BCUT2D eigenvalue weighted by Crippen LogP contribution is -2.55. The third kappa shape index (κ3) is 6.82. The lowest BCUT2D eigenvalue weighted by molar-refractivity contribution is -0.131. The van der Waals surface area contributed by atoms with Crippen LogP contribution in [0.5, 0.6) is 0 Å². The highest BCUT2D eigenvalue weighted by Gasteiger charge is 2.30. The Morgan fingerprint density at radius 3 is 2.61 bits per heavy atom. The number of nitrogens with one attached hydrogen (secondary N) is 2. The van der Waals surface area contributed by atoms with Crippen LogP contribution in [-0.4, -0.2) is 60.1 Å². The molecule has 2 atom stereocenters. The van der Waals surface area contributed by atoms with Crippen LogP contribution >= 0.6 is 11.3 Å². The first kappa shape index (κ1) is 24.3. The summed E-state index contributed by atoms with van der Waals surface area (Å²) < 4.78 is 26.9. The number of amides is 2. The van der Waals surface area contributed by atoms with Crippen molar-refractivity contribution in [2.24, 2.45) is 10.7 Å². The van der Waals surface area contributed by atoms with Crippen LogP contribution in [0, 0.1) is 11.6 Å². The summed E-state index contributed by atoms with van der Waals surface area (Å²) in [5.74, 6) is -1.70. The average molecular weight is 477 g/mol. The van der Waals surface area contributed by atoms with Crippen molar-refractivity contribution in [2.75, 3.05) is 25.5 Å². The Bertz CT molecular complexity index is 1050. The van der Waals surface area contributed by atoms with E-state index in [2.05, 4.69) is 20.6 Å². The standard InChI is InChI=1S/C22H26F2N6O2S/c1-13(31)30-11-18(28-21(32)15(8-25)9-26-2)7-19(12-30)29-22-27-10-20(33-22)5-14-3-16(23)6-17(24)4-14/h3-4,6,8-10,18-19H,5,7,11-12,25H2,1-2H3,(H,27,29)(H,28,32)/b15-8+,26-9?/t18-,19+/m0/s1. The molecule has 0 radical (unpaired) electrons. The highest BCUT2D eigenvalue weighted by Crippen LogP contribution is 2.24. The molecule has 0 bridgehead atoms. The molecule has 0 saturated carbocycles. The molecule has 2 amide bonds. The molecule has 1 saturated heterocycles. The van der Waals surface area contributed by atoms with Crippen LogP contribution in [0.25, 0.3) is 0 Å². The van der Waals surface area contributed by atoms with E-state index in [0.717, 1.165) is 10.9 Å². The zero-order valence-electron chi connectivity index (χ0n) is 18.3. The Morgan fingerprint density at radius 2 is 1.97 bits per heavy atom. The van der Waals surface area contributed by atoms with Crippen molar-refractivity contribution in [3.05, 3.63) is 58.2 Å². The molecule has 33 heavy (non-hydrogen) atoms. The number of likely N-dealkylation sites (tertiary alicyclic amines) is 1. The second kappa shape index (κ2) is 11.0. The summed E-state index contributed by atoms with van der Waals surface area (Å²) in [4.78, 5) is 35.2. The number of rotatable bonds is 7. The van der Waals surface area contributed by atoms with E-state index in [1.54, 1.807) is 18.1 Å². The van der Waals surface area contributed by atoms with Gasteiger partial charge < -0.3 is 21.3 Å². The van der Waals surface area contributed by atoms with Crippen molar-refractivity contribution >= 4 is 34.5 Å². The molecule has 176 valence electrons. The Hall–Kier alpha value is -3.34. The number of carbonyl (C=O) groups is 2. The van der Waals surface area contributed by atoms with E-state index in [9.17, 15) is 18.4 Å². The van der Waals surface area contributed by atoms with Crippen molar-refractivity contribution < 1.29 is 18.4 Å². The number of aromatic nitrogens is 1. The Labute approximate surface area is 194 Å². The Morgan fingerprint density at radius 1 is 1.27 bits per heavy atom. The number of piperidine rings is 1. The van der Waals surface area contributed by atoms with Crippen LogP contribution < -0.4 is 16.4 Å². The molecule has 1 fully saturated rings. The fourth-order valence-corrected chi connectivity index (χ4v) is 4.62. The number of hydrogen-bond acceptors (Lipinski definition) is 7. The zero-order chi connectivity index (χ0) is 24.0. The maximum absolute atomic E-state index is 13.4. The van der Waals surface area contributed by atoms with Crippen molar-refractivity contribution in [3.8, 4) is 0 Å². The van der Waals surface area contributed by atoms with Crippen LogP contribution in [-0.2, 0) is 16.0 Å². The summed E-state index contributed by atoms with van der Waals surface area (Å²) in [7, 11) is 1.54. The second-order valence-corrected chi connectivity index (χ2v) is 8.88.